The van der Waals surface area contributed by atoms with E-state index in [1.165, 1.54) is 0 Å². The van der Waals surface area contributed by atoms with Gasteiger partial charge >= 0.3 is 59.1 Å². The number of carboxylic acids is 2. The average Bonchev–Trinajstić information content (AvgIpc) is 2.04. The fraction of sp³-hybridized carbons (Fsp3) is 0.778. The SMILES string of the molecule is O=C([O-])C(C(=O)[O-])C1CCCCC1.[Na+].[Na+]. The van der Waals surface area contributed by atoms with Gasteiger partial charge in [-0.1, -0.05) is 19.3 Å². The van der Waals surface area contributed by atoms with E-state index in [9.17, 15) is 19.8 Å². The first-order chi connectivity index (χ1) is 6.13. The third-order valence-electron chi connectivity index (χ3n) is 2.63. The zero-order valence-electron chi connectivity index (χ0n) is 9.32. The van der Waals surface area contributed by atoms with Gasteiger partial charge in [-0.15, -0.1) is 0 Å². The smallest absolute Gasteiger partial charge is 0.549 e. The Morgan fingerprint density at radius 3 is 1.67 bits per heavy atom. The first kappa shape index (κ1) is 18.3. The molecule has 0 aromatic heterocycles. The molecule has 0 spiro atoms. The molecule has 1 saturated carbocycles. The van der Waals surface area contributed by atoms with Crippen molar-refractivity contribution in [2.45, 2.75) is 32.1 Å². The van der Waals surface area contributed by atoms with Crippen LogP contribution >= 0.6 is 0 Å². The molecule has 1 aliphatic carbocycles. The van der Waals surface area contributed by atoms with E-state index in [1.54, 1.807) is 0 Å². The standard InChI is InChI=1S/C9H14O4.2Na/c10-8(11)7(9(12)13)6-4-2-1-3-5-6;;/h6-7H,1-5H2,(H,10,11)(H,12,13);;/q;2*+1/p-2. The minimum absolute atomic E-state index is 0. The van der Waals surface area contributed by atoms with Gasteiger partial charge in [-0.2, -0.15) is 0 Å². The van der Waals surface area contributed by atoms with Crippen LogP contribution in [0.1, 0.15) is 32.1 Å². The second-order valence-corrected chi connectivity index (χ2v) is 3.51. The van der Waals surface area contributed by atoms with Crippen molar-refractivity contribution in [2.75, 3.05) is 0 Å². The Morgan fingerprint density at radius 1 is 0.933 bits per heavy atom. The van der Waals surface area contributed by atoms with E-state index >= 15 is 0 Å². The van der Waals surface area contributed by atoms with Gasteiger partial charge in [0.2, 0.25) is 0 Å². The molecule has 0 unspecified atom stereocenters. The van der Waals surface area contributed by atoms with E-state index in [-0.39, 0.29) is 65.0 Å². The zero-order chi connectivity index (χ0) is 9.84. The van der Waals surface area contributed by atoms with Crippen molar-refractivity contribution in [1.29, 1.82) is 0 Å². The van der Waals surface area contributed by atoms with Gasteiger partial charge in [0, 0.05) is 5.92 Å². The number of hydrogen-bond donors (Lipinski definition) is 0. The van der Waals surface area contributed by atoms with Gasteiger partial charge in [0.05, 0.1) is 11.9 Å². The largest absolute Gasteiger partial charge is 1.00 e. The van der Waals surface area contributed by atoms with Gasteiger partial charge in [0.25, 0.3) is 0 Å². The maximum atomic E-state index is 10.5. The molecule has 1 rings (SSSR count). The summed E-state index contributed by atoms with van der Waals surface area (Å²) in [7, 11) is 0. The van der Waals surface area contributed by atoms with Gasteiger partial charge in [0.15, 0.2) is 0 Å². The molecule has 1 aliphatic rings. The number of rotatable bonds is 3. The summed E-state index contributed by atoms with van der Waals surface area (Å²) in [5.74, 6) is -4.72. The minimum atomic E-state index is -1.51. The number of carboxylic acid groups (broad SMARTS) is 2. The molecule has 0 bridgehead atoms. The zero-order valence-corrected chi connectivity index (χ0v) is 13.3. The quantitative estimate of drug-likeness (QED) is 0.356. The number of hydrogen-bond acceptors (Lipinski definition) is 4. The van der Waals surface area contributed by atoms with Crippen LogP contribution in [0.3, 0.4) is 0 Å². The average molecular weight is 230 g/mol. The van der Waals surface area contributed by atoms with Crippen molar-refractivity contribution in [3.8, 4) is 0 Å². The Labute approximate surface area is 133 Å². The van der Waals surface area contributed by atoms with Crippen molar-refractivity contribution in [1.82, 2.24) is 0 Å². The maximum Gasteiger partial charge on any atom is 1.00 e. The predicted molar refractivity (Wildman–Crippen MR) is 40.1 cm³/mol. The monoisotopic (exact) mass is 230 g/mol. The van der Waals surface area contributed by atoms with E-state index in [4.69, 9.17) is 0 Å². The van der Waals surface area contributed by atoms with E-state index in [0.717, 1.165) is 19.3 Å². The second kappa shape index (κ2) is 9.02. The van der Waals surface area contributed by atoms with E-state index in [2.05, 4.69) is 0 Å². The fourth-order valence-electron chi connectivity index (χ4n) is 1.95. The summed E-state index contributed by atoms with van der Waals surface area (Å²) in [4.78, 5) is 21.0. The molecular weight excluding hydrogens is 218 g/mol. The minimum Gasteiger partial charge on any atom is -0.549 e. The summed E-state index contributed by atoms with van der Waals surface area (Å²) in [5.41, 5.74) is 0. The third-order valence-corrected chi connectivity index (χ3v) is 2.63. The van der Waals surface area contributed by atoms with E-state index < -0.39 is 17.9 Å². The van der Waals surface area contributed by atoms with Crippen molar-refractivity contribution in [2.24, 2.45) is 11.8 Å². The topological polar surface area (TPSA) is 80.3 Å². The molecule has 0 aromatic carbocycles. The summed E-state index contributed by atoms with van der Waals surface area (Å²) in [6.45, 7) is 0. The van der Waals surface area contributed by atoms with Crippen molar-refractivity contribution in [3.05, 3.63) is 0 Å². The molecule has 0 radical (unpaired) electrons. The molecule has 0 heterocycles. The maximum absolute atomic E-state index is 10.5. The summed E-state index contributed by atoms with van der Waals surface area (Å²) < 4.78 is 0. The molecule has 0 saturated heterocycles. The van der Waals surface area contributed by atoms with Crippen LogP contribution < -0.4 is 69.3 Å². The molecule has 0 aliphatic heterocycles. The Kier molecular flexibility index (Phi) is 11.0. The number of aliphatic carboxylic acids is 2. The Hall–Kier alpha value is 0.940. The molecule has 0 N–H and O–H groups in total. The van der Waals surface area contributed by atoms with Crippen LogP contribution in [0, 0.1) is 11.8 Å². The van der Waals surface area contributed by atoms with Gasteiger partial charge in [-0.25, -0.2) is 0 Å². The Balaban J connectivity index is 0. The molecule has 6 heteroatoms. The number of carbonyl (C=O) groups is 2. The van der Waals surface area contributed by atoms with Crippen LogP contribution in [0.4, 0.5) is 0 Å². The molecule has 0 amide bonds. The molecule has 0 aromatic rings. The summed E-state index contributed by atoms with van der Waals surface area (Å²) >= 11 is 0. The summed E-state index contributed by atoms with van der Waals surface area (Å²) in [6.07, 6.45) is 4.19. The van der Waals surface area contributed by atoms with Crippen molar-refractivity contribution >= 4 is 11.9 Å². The normalized spacial score (nSPS) is 16.3. The number of carbonyl (C=O) groups excluding carboxylic acids is 2. The summed E-state index contributed by atoms with van der Waals surface area (Å²) in [6, 6.07) is 0. The Bertz CT molecular complexity index is 200. The first-order valence-corrected chi connectivity index (χ1v) is 4.54. The Morgan fingerprint density at radius 2 is 1.33 bits per heavy atom. The van der Waals surface area contributed by atoms with Gasteiger partial charge in [-0.05, 0) is 18.8 Å². The fourth-order valence-corrected chi connectivity index (χ4v) is 1.95. The predicted octanol–water partition coefficient (Wildman–Crippen LogP) is -7.31. The van der Waals surface area contributed by atoms with Crippen LogP contribution in [0.2, 0.25) is 0 Å². The molecule has 4 nitrogen and oxygen atoms in total. The second-order valence-electron chi connectivity index (χ2n) is 3.51. The van der Waals surface area contributed by atoms with Gasteiger partial charge in [-0.3, -0.25) is 0 Å². The van der Waals surface area contributed by atoms with Crippen LogP contribution in [-0.4, -0.2) is 11.9 Å². The van der Waals surface area contributed by atoms with Crippen LogP contribution in [0.25, 0.3) is 0 Å². The third kappa shape index (κ3) is 5.71. The van der Waals surface area contributed by atoms with Gasteiger partial charge in [0.1, 0.15) is 0 Å². The van der Waals surface area contributed by atoms with Crippen LogP contribution in [0.5, 0.6) is 0 Å². The molecule has 1 fully saturated rings. The van der Waals surface area contributed by atoms with Crippen LogP contribution in [-0.2, 0) is 9.59 Å². The molecule has 74 valence electrons. The van der Waals surface area contributed by atoms with Crippen molar-refractivity contribution < 1.29 is 78.9 Å². The van der Waals surface area contributed by atoms with E-state index in [1.807, 2.05) is 0 Å². The molecular formula is C9H12Na2O4. The van der Waals surface area contributed by atoms with Crippen LogP contribution in [0.15, 0.2) is 0 Å². The first-order valence-electron chi connectivity index (χ1n) is 4.54. The van der Waals surface area contributed by atoms with Gasteiger partial charge < -0.3 is 19.8 Å². The van der Waals surface area contributed by atoms with E-state index in [0.29, 0.717) is 12.8 Å². The molecule has 15 heavy (non-hydrogen) atoms. The molecule has 0 atom stereocenters. The van der Waals surface area contributed by atoms with Crippen molar-refractivity contribution in [3.63, 3.8) is 0 Å². The summed E-state index contributed by atoms with van der Waals surface area (Å²) in [5, 5.41) is 21.0.